The molecule has 0 aliphatic carbocycles. The highest BCUT2D eigenvalue weighted by Crippen LogP contribution is 2.20. The maximum atomic E-state index is 10.5. The molecule has 0 saturated heterocycles. The van der Waals surface area contributed by atoms with E-state index in [9.17, 15) is 4.79 Å². The molecule has 1 aromatic carbocycles. The number of benzene rings is 1. The molecule has 0 atom stereocenters. The van der Waals surface area contributed by atoms with Gasteiger partial charge in [-0.15, -0.1) is 0 Å². The van der Waals surface area contributed by atoms with Gasteiger partial charge in [0, 0.05) is 15.9 Å². The number of hydrogen-bond donors (Lipinski definition) is 1. The average Bonchev–Trinajstić information content (AvgIpc) is 1.93. The lowest BCUT2D eigenvalue weighted by molar-refractivity contribution is 0.270. The number of carbonyl (C=O) groups excluding carboxylic acids is 1. The third-order valence-electron chi connectivity index (χ3n) is 1.11. The van der Waals surface area contributed by atoms with Crippen LogP contribution in [0.25, 0.3) is 0 Å². The van der Waals surface area contributed by atoms with Gasteiger partial charge in [-0.2, -0.15) is 0 Å². The lowest BCUT2D eigenvalue weighted by Crippen LogP contribution is -2.00. The molecule has 11 heavy (non-hydrogen) atoms. The second-order valence-corrected chi connectivity index (χ2v) is 3.01. The van der Waals surface area contributed by atoms with Crippen molar-refractivity contribution in [3.05, 3.63) is 29.3 Å². The van der Waals surface area contributed by atoms with Gasteiger partial charge in [-0.3, -0.25) is 4.79 Å². The first kappa shape index (κ1) is 8.56. The maximum Gasteiger partial charge on any atom is 0.291 e. The van der Waals surface area contributed by atoms with Crippen LogP contribution in [0.4, 0.5) is 10.5 Å². The number of nitrogens with one attached hydrogen (secondary N) is 1. The van der Waals surface area contributed by atoms with Crippen molar-refractivity contribution < 1.29 is 4.79 Å². The number of hydrogen-bond acceptors (Lipinski definition) is 1. The molecule has 1 N–H and O–H groups in total. The molecule has 0 aliphatic heterocycles. The predicted octanol–water partition coefficient (Wildman–Crippen LogP) is 3.27. The summed E-state index contributed by atoms with van der Waals surface area (Å²) in [6.45, 7) is 0. The van der Waals surface area contributed by atoms with Crippen LogP contribution < -0.4 is 5.32 Å². The Kier molecular flexibility index (Phi) is 2.91. The van der Waals surface area contributed by atoms with E-state index in [4.69, 9.17) is 11.6 Å². The number of carbonyl (C=O) groups is 1. The molecule has 0 unspecified atom stereocenters. The van der Waals surface area contributed by atoms with Crippen molar-refractivity contribution in [2.24, 2.45) is 0 Å². The van der Waals surface area contributed by atoms with Crippen LogP contribution in [-0.2, 0) is 0 Å². The highest BCUT2D eigenvalue weighted by Gasteiger charge is 1.99. The molecule has 1 amide bonds. The van der Waals surface area contributed by atoms with E-state index in [0.29, 0.717) is 10.7 Å². The minimum Gasteiger partial charge on any atom is -0.315 e. The summed E-state index contributed by atoms with van der Waals surface area (Å²) in [6, 6.07) is 7.03. The van der Waals surface area contributed by atoms with Crippen LogP contribution in [0.5, 0.6) is 0 Å². The Hall–Kier alpha value is -0.540. The number of amides is 1. The Labute approximate surface area is 77.7 Å². The normalized spacial score (nSPS) is 9.27. The zero-order chi connectivity index (χ0) is 8.27. The Morgan fingerprint density at radius 1 is 1.45 bits per heavy atom. The van der Waals surface area contributed by atoms with Gasteiger partial charge in [0.25, 0.3) is 4.82 Å². The van der Waals surface area contributed by atoms with Crippen LogP contribution in [0.15, 0.2) is 24.3 Å². The lowest BCUT2D eigenvalue weighted by atomic mass is 10.3. The quantitative estimate of drug-likeness (QED) is 0.586. The smallest absolute Gasteiger partial charge is 0.291 e. The minimum absolute atomic E-state index is 0.300. The molecule has 0 aromatic heterocycles. The predicted molar refractivity (Wildman–Crippen MR) is 49.4 cm³/mol. The highest BCUT2D eigenvalue weighted by molar-refractivity contribution is 9.18. The molecule has 0 fully saturated rings. The first-order valence-corrected chi connectivity index (χ1v) is 4.08. The fourth-order valence-corrected chi connectivity index (χ4v) is 1.07. The van der Waals surface area contributed by atoms with Crippen molar-refractivity contribution in [3.63, 3.8) is 0 Å². The van der Waals surface area contributed by atoms with Crippen LogP contribution >= 0.6 is 27.5 Å². The van der Waals surface area contributed by atoms with Gasteiger partial charge in [-0.05, 0) is 12.1 Å². The summed E-state index contributed by atoms with van der Waals surface area (Å²) in [6.07, 6.45) is 0. The fourth-order valence-electron chi connectivity index (χ4n) is 0.668. The van der Waals surface area contributed by atoms with Gasteiger partial charge in [0.05, 0.1) is 10.7 Å². The van der Waals surface area contributed by atoms with Crippen LogP contribution in [0.1, 0.15) is 0 Å². The Bertz CT molecular complexity index is 277. The summed E-state index contributed by atoms with van der Waals surface area (Å²) in [5, 5.41) is 3.05. The number of anilines is 1. The van der Waals surface area contributed by atoms with E-state index in [0.717, 1.165) is 0 Å². The second-order valence-electron chi connectivity index (χ2n) is 1.88. The zero-order valence-corrected chi connectivity index (χ0v) is 7.82. The van der Waals surface area contributed by atoms with Gasteiger partial charge in [0.2, 0.25) is 0 Å². The molecule has 1 aromatic rings. The summed E-state index contributed by atoms with van der Waals surface area (Å²) >= 11 is 8.47. The van der Waals surface area contributed by atoms with Crippen molar-refractivity contribution in [1.82, 2.24) is 0 Å². The summed E-state index contributed by atoms with van der Waals surface area (Å²) in [4.78, 5) is 10.2. The molecular formula is C7H5BrClNO. The van der Waals surface area contributed by atoms with Crippen LogP contribution in [-0.4, -0.2) is 4.82 Å². The molecule has 1 rings (SSSR count). The topological polar surface area (TPSA) is 29.1 Å². The largest absolute Gasteiger partial charge is 0.315 e. The van der Waals surface area contributed by atoms with Crippen molar-refractivity contribution in [1.29, 1.82) is 0 Å². The van der Waals surface area contributed by atoms with E-state index in [1.54, 1.807) is 24.3 Å². The van der Waals surface area contributed by atoms with Crippen molar-refractivity contribution in [2.45, 2.75) is 0 Å². The van der Waals surface area contributed by atoms with E-state index in [2.05, 4.69) is 21.2 Å². The summed E-state index contributed by atoms with van der Waals surface area (Å²) in [7, 11) is 0. The molecule has 2 nitrogen and oxygen atoms in total. The number of halogens is 2. The van der Waals surface area contributed by atoms with Crippen LogP contribution in [0, 0.1) is 0 Å². The summed E-state index contributed by atoms with van der Waals surface area (Å²) in [5.74, 6) is 0. The van der Waals surface area contributed by atoms with Gasteiger partial charge in [-0.25, -0.2) is 0 Å². The SMILES string of the molecule is O=C(Br)Nc1ccccc1Cl. The first-order chi connectivity index (χ1) is 5.20. The van der Waals surface area contributed by atoms with E-state index < -0.39 is 0 Å². The summed E-state index contributed by atoms with van der Waals surface area (Å²) in [5.41, 5.74) is 0.607. The van der Waals surface area contributed by atoms with Gasteiger partial charge in [0.15, 0.2) is 0 Å². The van der Waals surface area contributed by atoms with E-state index in [1.165, 1.54) is 0 Å². The second kappa shape index (κ2) is 3.74. The monoisotopic (exact) mass is 233 g/mol. The average molecular weight is 234 g/mol. The van der Waals surface area contributed by atoms with E-state index in [1.807, 2.05) is 0 Å². The van der Waals surface area contributed by atoms with E-state index >= 15 is 0 Å². The molecule has 0 spiro atoms. The molecule has 0 heterocycles. The fraction of sp³-hybridized carbons (Fsp3) is 0. The highest BCUT2D eigenvalue weighted by atomic mass is 79.9. The van der Waals surface area contributed by atoms with Crippen molar-refractivity contribution >= 4 is 38.0 Å². The van der Waals surface area contributed by atoms with E-state index in [-0.39, 0.29) is 4.82 Å². The van der Waals surface area contributed by atoms with Gasteiger partial charge >= 0.3 is 0 Å². The molecular weight excluding hydrogens is 229 g/mol. The summed E-state index contributed by atoms with van der Waals surface area (Å²) < 4.78 is 0. The third-order valence-corrected chi connectivity index (χ3v) is 1.63. The zero-order valence-electron chi connectivity index (χ0n) is 5.47. The third kappa shape index (κ3) is 2.52. The Balaban J connectivity index is 2.86. The lowest BCUT2D eigenvalue weighted by Gasteiger charge is -2.01. The Morgan fingerprint density at radius 3 is 2.64 bits per heavy atom. The Morgan fingerprint density at radius 2 is 2.09 bits per heavy atom. The van der Waals surface area contributed by atoms with Crippen molar-refractivity contribution in [2.75, 3.05) is 5.32 Å². The maximum absolute atomic E-state index is 10.5. The van der Waals surface area contributed by atoms with Crippen LogP contribution in [0.3, 0.4) is 0 Å². The van der Waals surface area contributed by atoms with Crippen molar-refractivity contribution in [3.8, 4) is 0 Å². The molecule has 0 bridgehead atoms. The first-order valence-electron chi connectivity index (χ1n) is 2.91. The molecule has 0 saturated carbocycles. The number of para-hydroxylation sites is 1. The standard InChI is InChI=1S/C7H5BrClNO/c8-7(11)10-6-4-2-1-3-5(6)9/h1-4H,(H,10,11). The molecule has 0 radical (unpaired) electrons. The van der Waals surface area contributed by atoms with Crippen LogP contribution in [0.2, 0.25) is 5.02 Å². The molecule has 58 valence electrons. The number of rotatable bonds is 1. The molecule has 0 aliphatic rings. The van der Waals surface area contributed by atoms with Gasteiger partial charge < -0.3 is 5.32 Å². The molecule has 4 heteroatoms. The van der Waals surface area contributed by atoms with Gasteiger partial charge in [0.1, 0.15) is 0 Å². The van der Waals surface area contributed by atoms with Gasteiger partial charge in [-0.1, -0.05) is 23.7 Å². The minimum atomic E-state index is -0.300.